The molecule has 0 bridgehead atoms. The number of hydrogen-bond acceptors (Lipinski definition) is 4. The molecule has 4 radical (unpaired) electrons. The van der Waals surface area contributed by atoms with Crippen LogP contribution in [0.2, 0.25) is 0 Å². The van der Waals surface area contributed by atoms with Crippen LogP contribution in [0, 0.1) is 24.3 Å². The molecular formula is C52H76N8Y4-4. The molecule has 8 heterocycles. The molecule has 0 amide bonds. The van der Waals surface area contributed by atoms with Gasteiger partial charge in [0.05, 0.1) is 0 Å². The van der Waals surface area contributed by atoms with E-state index in [1.807, 2.05) is 135 Å². The van der Waals surface area contributed by atoms with Gasteiger partial charge < -0.3 is 28.2 Å². The third kappa shape index (κ3) is 20.8. The van der Waals surface area contributed by atoms with Crippen molar-refractivity contribution < 1.29 is 131 Å². The predicted octanol–water partition coefficient (Wildman–Crippen LogP) is 14.5. The summed E-state index contributed by atoms with van der Waals surface area (Å²) < 4.78 is 8.73. The average Bonchev–Trinajstić information content (AvgIpc) is 4.05. The molecule has 0 fully saturated rings. The fourth-order valence-electron chi connectivity index (χ4n) is 5.79. The van der Waals surface area contributed by atoms with Gasteiger partial charge in [0.2, 0.25) is 0 Å². The van der Waals surface area contributed by atoms with Crippen molar-refractivity contribution in [3.63, 3.8) is 0 Å². The smallest absolute Gasteiger partial charge is 0.0264 e. The van der Waals surface area contributed by atoms with Crippen molar-refractivity contribution in [2.75, 3.05) is 0 Å². The maximum Gasteiger partial charge on any atom is 0.0264 e. The summed E-state index contributed by atoms with van der Waals surface area (Å²) >= 11 is 0. The molecule has 12 heteroatoms. The fraction of sp³-hybridized carbons (Fsp3) is 0.462. The number of aromatic nitrogens is 8. The quantitative estimate of drug-likeness (QED) is 0.142. The van der Waals surface area contributed by atoms with Crippen molar-refractivity contribution in [3.05, 3.63) is 123 Å². The Labute approximate surface area is 489 Å². The minimum absolute atomic E-state index is 0. The fourth-order valence-corrected chi connectivity index (χ4v) is 5.79. The van der Waals surface area contributed by atoms with Gasteiger partial charge in [-0.15, -0.1) is 29.8 Å². The number of pyridine rings is 4. The molecule has 0 N–H and O–H groups in total. The number of rotatable bonds is 0. The van der Waals surface area contributed by atoms with Gasteiger partial charge in [-0.3, -0.25) is 9.97 Å². The molecule has 8 nitrogen and oxygen atoms in total. The monoisotopic (exact) mass is 1170 g/mol. The third-order valence-electron chi connectivity index (χ3n) is 8.45. The second kappa shape index (κ2) is 33.6. The van der Waals surface area contributed by atoms with Gasteiger partial charge in [-0.1, -0.05) is 109 Å². The molecule has 340 valence electrons. The number of hydrogen-bond donors (Lipinski definition) is 0. The Balaban J connectivity index is -0.000000349. The second-order valence-electron chi connectivity index (χ2n) is 16.8. The van der Waals surface area contributed by atoms with E-state index in [1.165, 1.54) is 5.52 Å². The van der Waals surface area contributed by atoms with E-state index in [2.05, 4.69) is 152 Å². The summed E-state index contributed by atoms with van der Waals surface area (Å²) in [6, 6.07) is 24.8. The molecule has 0 aromatic carbocycles. The molecular weight excluding hydrogens is 1090 g/mol. The predicted molar refractivity (Wildman–Crippen MR) is 260 cm³/mol. The van der Waals surface area contributed by atoms with Crippen LogP contribution >= 0.6 is 0 Å². The van der Waals surface area contributed by atoms with Crippen molar-refractivity contribution in [1.29, 1.82) is 0 Å². The van der Waals surface area contributed by atoms with Gasteiger partial charge in [-0.2, -0.15) is 35.0 Å². The van der Waals surface area contributed by atoms with Gasteiger partial charge >= 0.3 is 0 Å². The third-order valence-corrected chi connectivity index (χ3v) is 8.45. The van der Waals surface area contributed by atoms with Crippen molar-refractivity contribution >= 4 is 43.9 Å². The standard InChI is InChI=1S/4C11H13N2.4C2H6.4Y/c1-11(2,3)13-7-5-9-8-12-6-4-10(9)13;1-11(2,3)13-7-5-9-4-6-12-8-10(9)13;1-11(2,3)13-8-6-9-10(13)5-4-7-12-9;1-11(2,3)13-8-6-9-5-4-7-12-10(9)13;4*1-2;;;;/h2*4,6-8H,1-3H3;2*4-5,7-8H,1-3H3;4*1-2H3;;;;/q4*-1;;;;;;;;. The van der Waals surface area contributed by atoms with E-state index in [-0.39, 0.29) is 153 Å². The van der Waals surface area contributed by atoms with E-state index in [1.54, 1.807) is 12.4 Å². The summed E-state index contributed by atoms with van der Waals surface area (Å²) in [5.74, 6) is 0. The Morgan fingerprint density at radius 3 is 1.33 bits per heavy atom. The summed E-state index contributed by atoms with van der Waals surface area (Å²) in [5, 5.41) is 3.29. The second-order valence-corrected chi connectivity index (χ2v) is 16.8. The molecule has 8 aromatic rings. The van der Waals surface area contributed by atoms with Crippen molar-refractivity contribution in [3.8, 4) is 0 Å². The van der Waals surface area contributed by atoms with Crippen LogP contribution in [-0.2, 0) is 153 Å². The zero-order valence-corrected chi connectivity index (χ0v) is 54.5. The zero-order chi connectivity index (χ0) is 45.9. The first kappa shape index (κ1) is 69.7. The molecule has 8 aromatic heterocycles. The van der Waals surface area contributed by atoms with Crippen molar-refractivity contribution in [1.82, 2.24) is 38.2 Å². The van der Waals surface area contributed by atoms with Crippen molar-refractivity contribution in [2.24, 2.45) is 0 Å². The van der Waals surface area contributed by atoms with E-state index in [4.69, 9.17) is 0 Å². The molecule has 0 aliphatic carbocycles. The first-order chi connectivity index (χ1) is 28.4. The Morgan fingerprint density at radius 1 is 0.375 bits per heavy atom. The van der Waals surface area contributed by atoms with Gasteiger partial charge in [0, 0.05) is 177 Å². The zero-order valence-electron chi connectivity index (χ0n) is 43.1. The number of fused-ring (bicyclic) bond motifs is 4. The van der Waals surface area contributed by atoms with Crippen LogP contribution in [0.5, 0.6) is 0 Å². The first-order valence-corrected chi connectivity index (χ1v) is 21.7. The molecule has 0 saturated carbocycles. The Bertz CT molecular complexity index is 2040. The van der Waals surface area contributed by atoms with Gasteiger partial charge in [-0.25, -0.2) is 6.07 Å². The molecule has 8 rings (SSSR count). The summed E-state index contributed by atoms with van der Waals surface area (Å²) in [5.41, 5.74) is 5.83. The molecule has 0 aliphatic rings. The summed E-state index contributed by atoms with van der Waals surface area (Å²) in [4.78, 5) is 16.8. The maximum atomic E-state index is 4.34. The van der Waals surface area contributed by atoms with Crippen LogP contribution in [-0.4, -0.2) is 38.2 Å². The number of nitrogens with zero attached hydrogens (tertiary/aromatic N) is 8. The molecule has 0 spiro atoms. The van der Waals surface area contributed by atoms with E-state index < -0.39 is 0 Å². The first-order valence-electron chi connectivity index (χ1n) is 21.7. The van der Waals surface area contributed by atoms with Gasteiger partial charge in [0.25, 0.3) is 0 Å². The SMILES string of the molecule is CC.CC.CC.CC.CC(C)(C)n1c[c-]c2cccnc21.CC(C)(C)n1c[c-]c2ccncc21.CC(C)(C)n1c[c-]c2cnccc21.CC(C)(C)n1c[c-]c2ncccc21.[Y].[Y].[Y].[Y]. The Hall–Kier alpha value is -0.824. The molecule has 0 atom stereocenters. The van der Waals surface area contributed by atoms with Gasteiger partial charge in [0.1, 0.15) is 0 Å². The Morgan fingerprint density at radius 2 is 0.781 bits per heavy atom. The van der Waals surface area contributed by atoms with E-state index in [9.17, 15) is 0 Å². The van der Waals surface area contributed by atoms with E-state index in [0.29, 0.717) is 0 Å². The van der Waals surface area contributed by atoms with Gasteiger partial charge in [-0.05, 0) is 101 Å². The summed E-state index contributed by atoms with van der Waals surface area (Å²) in [6.07, 6.45) is 18.9. The largest absolute Gasteiger partial charge is 0.435 e. The van der Waals surface area contributed by atoms with Crippen LogP contribution in [0.1, 0.15) is 138 Å². The minimum Gasteiger partial charge on any atom is -0.435 e. The topological polar surface area (TPSA) is 71.3 Å². The van der Waals surface area contributed by atoms with Crippen LogP contribution in [0.15, 0.2) is 98.4 Å². The minimum atomic E-state index is 0. The van der Waals surface area contributed by atoms with Crippen LogP contribution in [0.3, 0.4) is 0 Å². The van der Waals surface area contributed by atoms with E-state index in [0.717, 1.165) is 38.4 Å². The maximum absolute atomic E-state index is 4.34. The normalized spacial score (nSPS) is 10.3. The van der Waals surface area contributed by atoms with Crippen LogP contribution in [0.25, 0.3) is 43.9 Å². The molecule has 0 aliphatic heterocycles. The van der Waals surface area contributed by atoms with Crippen LogP contribution in [0.4, 0.5) is 0 Å². The molecule has 0 unspecified atom stereocenters. The van der Waals surface area contributed by atoms with Crippen LogP contribution < -0.4 is 0 Å². The summed E-state index contributed by atoms with van der Waals surface area (Å²) in [6.45, 7) is 42.1. The Kier molecular flexibility index (Phi) is 36.7. The van der Waals surface area contributed by atoms with Gasteiger partial charge in [0.15, 0.2) is 0 Å². The van der Waals surface area contributed by atoms with Crippen molar-refractivity contribution in [2.45, 2.75) is 161 Å². The summed E-state index contributed by atoms with van der Waals surface area (Å²) in [7, 11) is 0. The average molecular weight is 1170 g/mol. The van der Waals surface area contributed by atoms with E-state index >= 15 is 0 Å². The molecule has 64 heavy (non-hydrogen) atoms. The molecule has 0 saturated heterocycles.